The van der Waals surface area contributed by atoms with E-state index in [1.807, 2.05) is 27.7 Å². The highest BCUT2D eigenvalue weighted by Gasteiger charge is 2.30. The van der Waals surface area contributed by atoms with Crippen LogP contribution in [-0.4, -0.2) is 42.9 Å². The molecule has 0 amide bonds. The van der Waals surface area contributed by atoms with Crippen LogP contribution in [-0.2, 0) is 4.79 Å². The van der Waals surface area contributed by atoms with Crippen LogP contribution in [0.1, 0.15) is 53.4 Å². The highest BCUT2D eigenvalue weighted by molar-refractivity contribution is 5.82. The van der Waals surface area contributed by atoms with Gasteiger partial charge in [0.05, 0.1) is 0 Å². The maximum absolute atomic E-state index is 12.0. The lowest BCUT2D eigenvalue weighted by Gasteiger charge is -2.39. The highest BCUT2D eigenvalue weighted by Crippen LogP contribution is 2.29. The van der Waals surface area contributed by atoms with Crippen molar-refractivity contribution in [3.05, 3.63) is 0 Å². The molecule has 0 aromatic heterocycles. The number of hydrogen-bond donors (Lipinski definition) is 1. The van der Waals surface area contributed by atoms with Crippen molar-refractivity contribution in [1.29, 1.82) is 0 Å². The molecule has 0 unspecified atom stereocenters. The maximum Gasteiger partial charge on any atom is 0.138 e. The van der Waals surface area contributed by atoms with Gasteiger partial charge in [-0.3, -0.25) is 9.69 Å². The number of nitrogens with one attached hydrogen (secondary N) is 1. The Morgan fingerprint density at radius 2 is 1.58 bits per heavy atom. The molecule has 112 valence electrons. The molecule has 1 aliphatic carbocycles. The fraction of sp³-hybridized carbons (Fsp3) is 0.938. The molecule has 3 nitrogen and oxygen atoms in total. The molecule has 19 heavy (non-hydrogen) atoms. The minimum Gasteiger partial charge on any atom is -0.314 e. The first-order valence-corrected chi connectivity index (χ1v) is 8.17. The Bertz CT molecular complexity index is 251. The van der Waals surface area contributed by atoms with Gasteiger partial charge in [0.2, 0.25) is 0 Å². The van der Waals surface area contributed by atoms with Gasteiger partial charge in [0.25, 0.3) is 0 Å². The standard InChI is InChI=1S/C14H26N2O.C2H6/c1-11(2)14(17)12-3-5-13(6-4-12)16-9-7-15-8-10-16;1-2/h11-13,15H,3-10H2,1-2H3;1-2H3. The van der Waals surface area contributed by atoms with Crippen LogP contribution in [0.4, 0.5) is 0 Å². The van der Waals surface area contributed by atoms with Gasteiger partial charge in [0.15, 0.2) is 0 Å². The number of hydrogen-bond acceptors (Lipinski definition) is 3. The molecule has 0 atom stereocenters. The van der Waals surface area contributed by atoms with Gasteiger partial charge >= 0.3 is 0 Å². The highest BCUT2D eigenvalue weighted by atomic mass is 16.1. The smallest absolute Gasteiger partial charge is 0.138 e. The Hall–Kier alpha value is -0.410. The molecule has 0 bridgehead atoms. The van der Waals surface area contributed by atoms with E-state index >= 15 is 0 Å². The summed E-state index contributed by atoms with van der Waals surface area (Å²) in [6.45, 7) is 12.7. The molecule has 2 rings (SSSR count). The summed E-state index contributed by atoms with van der Waals surface area (Å²) in [5.74, 6) is 1.06. The van der Waals surface area contributed by atoms with Gasteiger partial charge in [-0.2, -0.15) is 0 Å². The van der Waals surface area contributed by atoms with Gasteiger partial charge in [0.1, 0.15) is 5.78 Å². The lowest BCUT2D eigenvalue weighted by Crippen LogP contribution is -2.49. The number of Topliss-reactive ketones (excluding diaryl/α,β-unsaturated/α-hetero) is 1. The molecular weight excluding hydrogens is 236 g/mol. The van der Waals surface area contributed by atoms with E-state index in [1.54, 1.807) is 0 Å². The van der Waals surface area contributed by atoms with E-state index in [4.69, 9.17) is 0 Å². The first-order valence-electron chi connectivity index (χ1n) is 8.17. The van der Waals surface area contributed by atoms with Crippen molar-refractivity contribution in [2.75, 3.05) is 26.2 Å². The summed E-state index contributed by atoms with van der Waals surface area (Å²) in [5, 5.41) is 3.40. The number of nitrogens with zero attached hydrogens (tertiary/aromatic N) is 1. The van der Waals surface area contributed by atoms with Crippen LogP contribution in [0, 0.1) is 11.8 Å². The average molecular weight is 268 g/mol. The minimum atomic E-state index is 0.218. The van der Waals surface area contributed by atoms with E-state index in [0.29, 0.717) is 11.7 Å². The molecule has 1 N–H and O–H groups in total. The lowest BCUT2D eigenvalue weighted by atomic mass is 9.80. The maximum atomic E-state index is 12.0. The topological polar surface area (TPSA) is 32.3 Å². The second kappa shape index (κ2) is 8.70. The molecule has 2 aliphatic rings. The number of carbonyl (C=O) groups excluding carboxylic acids is 1. The van der Waals surface area contributed by atoms with Crippen molar-refractivity contribution in [1.82, 2.24) is 10.2 Å². The summed E-state index contributed by atoms with van der Waals surface area (Å²) in [5.41, 5.74) is 0. The van der Waals surface area contributed by atoms with Gasteiger partial charge in [0, 0.05) is 44.1 Å². The molecule has 1 saturated carbocycles. The second-order valence-corrected chi connectivity index (χ2v) is 5.85. The van der Waals surface area contributed by atoms with Crippen molar-refractivity contribution in [2.45, 2.75) is 59.4 Å². The molecule has 1 aliphatic heterocycles. The monoisotopic (exact) mass is 268 g/mol. The Morgan fingerprint density at radius 3 is 2.05 bits per heavy atom. The van der Waals surface area contributed by atoms with Crippen LogP contribution in [0.3, 0.4) is 0 Å². The van der Waals surface area contributed by atoms with Crippen molar-refractivity contribution in [3.8, 4) is 0 Å². The van der Waals surface area contributed by atoms with Crippen LogP contribution in [0.2, 0.25) is 0 Å². The van der Waals surface area contributed by atoms with Crippen molar-refractivity contribution in [2.24, 2.45) is 11.8 Å². The third-order valence-electron chi connectivity index (χ3n) is 4.34. The van der Waals surface area contributed by atoms with Crippen LogP contribution >= 0.6 is 0 Å². The zero-order valence-corrected chi connectivity index (χ0v) is 13.2. The quantitative estimate of drug-likeness (QED) is 0.854. The molecule has 2 fully saturated rings. The predicted molar refractivity (Wildman–Crippen MR) is 81.4 cm³/mol. The van der Waals surface area contributed by atoms with E-state index in [9.17, 15) is 4.79 Å². The predicted octanol–water partition coefficient (Wildman–Crippen LogP) is 2.70. The van der Waals surface area contributed by atoms with Gasteiger partial charge in [-0.05, 0) is 25.7 Å². The van der Waals surface area contributed by atoms with Crippen molar-refractivity contribution >= 4 is 5.78 Å². The van der Waals surface area contributed by atoms with Crippen LogP contribution in [0.25, 0.3) is 0 Å². The third-order valence-corrected chi connectivity index (χ3v) is 4.34. The molecule has 0 aromatic rings. The number of carbonyl (C=O) groups is 1. The van der Waals surface area contributed by atoms with E-state index in [0.717, 1.165) is 32.0 Å². The van der Waals surface area contributed by atoms with E-state index in [2.05, 4.69) is 10.2 Å². The zero-order valence-electron chi connectivity index (χ0n) is 13.2. The van der Waals surface area contributed by atoms with Gasteiger partial charge in [-0.1, -0.05) is 27.7 Å². The first kappa shape index (κ1) is 16.6. The Balaban J connectivity index is 0.000000861. The summed E-state index contributed by atoms with van der Waals surface area (Å²) in [6, 6.07) is 0.744. The summed E-state index contributed by atoms with van der Waals surface area (Å²) in [4.78, 5) is 14.6. The zero-order chi connectivity index (χ0) is 14.3. The first-order chi connectivity index (χ1) is 9.18. The minimum absolute atomic E-state index is 0.218. The van der Waals surface area contributed by atoms with E-state index < -0.39 is 0 Å². The second-order valence-electron chi connectivity index (χ2n) is 5.85. The van der Waals surface area contributed by atoms with Gasteiger partial charge < -0.3 is 5.32 Å². The van der Waals surface area contributed by atoms with Crippen LogP contribution < -0.4 is 5.32 Å². The van der Waals surface area contributed by atoms with E-state index in [1.165, 1.54) is 25.9 Å². The van der Waals surface area contributed by atoms with Crippen LogP contribution in [0.5, 0.6) is 0 Å². The normalized spacial score (nSPS) is 28.7. The Labute approximate surface area is 119 Å². The van der Waals surface area contributed by atoms with Crippen LogP contribution in [0.15, 0.2) is 0 Å². The molecule has 0 radical (unpaired) electrons. The van der Waals surface area contributed by atoms with Crippen molar-refractivity contribution < 1.29 is 4.79 Å². The fourth-order valence-electron chi connectivity index (χ4n) is 3.24. The molecule has 0 aromatic carbocycles. The summed E-state index contributed by atoms with van der Waals surface area (Å²) >= 11 is 0. The molecule has 1 saturated heterocycles. The van der Waals surface area contributed by atoms with Gasteiger partial charge in [-0.15, -0.1) is 0 Å². The lowest BCUT2D eigenvalue weighted by molar-refractivity contribution is -0.127. The summed E-state index contributed by atoms with van der Waals surface area (Å²) < 4.78 is 0. The molecule has 3 heteroatoms. The third kappa shape index (κ3) is 4.88. The number of ketones is 1. The molecule has 0 spiro atoms. The largest absolute Gasteiger partial charge is 0.314 e. The molecular formula is C16H32N2O. The summed E-state index contributed by atoms with van der Waals surface area (Å²) in [7, 11) is 0. The van der Waals surface area contributed by atoms with E-state index in [-0.39, 0.29) is 5.92 Å². The average Bonchev–Trinajstić information content (AvgIpc) is 2.49. The number of piperazine rings is 1. The Kier molecular flexibility index (Phi) is 7.62. The molecule has 1 heterocycles. The Morgan fingerprint density at radius 1 is 1.05 bits per heavy atom. The van der Waals surface area contributed by atoms with Gasteiger partial charge in [-0.25, -0.2) is 0 Å². The fourth-order valence-corrected chi connectivity index (χ4v) is 3.24. The summed E-state index contributed by atoms with van der Waals surface area (Å²) in [6.07, 6.45) is 4.68. The van der Waals surface area contributed by atoms with Crippen molar-refractivity contribution in [3.63, 3.8) is 0 Å². The number of rotatable bonds is 3. The SMILES string of the molecule is CC.CC(C)C(=O)C1CCC(N2CCNCC2)CC1.